The normalized spacial score (nSPS) is 16.7. The molecule has 3 rings (SSSR count). The molecule has 0 saturated carbocycles. The first-order valence-corrected chi connectivity index (χ1v) is 7.36. The van der Waals surface area contributed by atoms with Crippen LogP contribution in [0.3, 0.4) is 0 Å². The summed E-state index contributed by atoms with van der Waals surface area (Å²) in [6.07, 6.45) is 3.44. The molecule has 1 N–H and O–H groups in total. The molecule has 2 aromatic rings. The number of aryl methyl sites for hydroxylation is 1. The molecule has 0 radical (unpaired) electrons. The monoisotopic (exact) mass is 275 g/mol. The Labute approximate surface area is 116 Å². The summed E-state index contributed by atoms with van der Waals surface area (Å²) in [7, 11) is 0. The summed E-state index contributed by atoms with van der Waals surface area (Å²) >= 11 is 1.71. The third kappa shape index (κ3) is 2.97. The maximum atomic E-state index is 4.69. The minimum absolute atomic E-state index is 0.894. The Morgan fingerprint density at radius 1 is 1.26 bits per heavy atom. The number of piperazine rings is 1. The van der Waals surface area contributed by atoms with E-state index in [-0.39, 0.29) is 0 Å². The van der Waals surface area contributed by atoms with Crippen LogP contribution >= 0.6 is 11.3 Å². The van der Waals surface area contributed by atoms with Crippen LogP contribution in [0.2, 0.25) is 0 Å². The van der Waals surface area contributed by atoms with Crippen molar-refractivity contribution < 1.29 is 0 Å². The van der Waals surface area contributed by atoms with E-state index in [2.05, 4.69) is 30.5 Å². The average molecular weight is 275 g/mol. The second-order valence-electron chi connectivity index (χ2n) is 4.64. The lowest BCUT2D eigenvalue weighted by atomic mass is 10.3. The van der Waals surface area contributed by atoms with E-state index < -0.39 is 0 Å². The summed E-state index contributed by atoms with van der Waals surface area (Å²) in [5.74, 6) is 0. The zero-order chi connectivity index (χ0) is 13.1. The lowest BCUT2D eigenvalue weighted by molar-refractivity contribution is 0.233. The molecule has 0 aromatic carbocycles. The fraction of sp³-hybridized carbons (Fsp3) is 0.462. The van der Waals surface area contributed by atoms with Gasteiger partial charge >= 0.3 is 0 Å². The van der Waals surface area contributed by atoms with Crippen LogP contribution in [0.4, 0.5) is 0 Å². The Balaban J connectivity index is 1.74. The van der Waals surface area contributed by atoms with Crippen molar-refractivity contribution >= 4 is 11.3 Å². The summed E-state index contributed by atoms with van der Waals surface area (Å²) in [4.78, 5) is 15.8. The van der Waals surface area contributed by atoms with Gasteiger partial charge in [-0.05, 0) is 6.92 Å². The van der Waals surface area contributed by atoms with Gasteiger partial charge in [-0.1, -0.05) is 0 Å². The quantitative estimate of drug-likeness (QED) is 0.915. The molecule has 1 aliphatic rings. The first-order valence-electron chi connectivity index (χ1n) is 6.48. The zero-order valence-electron chi connectivity index (χ0n) is 11.0. The number of hydrogen-bond acceptors (Lipinski definition) is 6. The summed E-state index contributed by atoms with van der Waals surface area (Å²) in [5.41, 5.74) is 2.77. The van der Waals surface area contributed by atoms with Gasteiger partial charge in [0.2, 0.25) is 0 Å². The van der Waals surface area contributed by atoms with Crippen molar-refractivity contribution in [3.63, 3.8) is 0 Å². The van der Waals surface area contributed by atoms with E-state index in [4.69, 9.17) is 0 Å². The third-order valence-corrected chi connectivity index (χ3v) is 4.08. The Kier molecular flexibility index (Phi) is 3.82. The van der Waals surface area contributed by atoms with Gasteiger partial charge < -0.3 is 5.32 Å². The third-order valence-electron chi connectivity index (χ3n) is 3.24. The topological polar surface area (TPSA) is 53.9 Å². The van der Waals surface area contributed by atoms with Gasteiger partial charge in [0.15, 0.2) is 0 Å². The highest BCUT2D eigenvalue weighted by Crippen LogP contribution is 2.22. The molecule has 1 aliphatic heterocycles. The number of nitrogens with one attached hydrogen (secondary N) is 1. The van der Waals surface area contributed by atoms with E-state index in [0.717, 1.165) is 54.8 Å². The van der Waals surface area contributed by atoms with Gasteiger partial charge in [0.05, 0.1) is 12.2 Å². The Morgan fingerprint density at radius 2 is 2.05 bits per heavy atom. The molecule has 1 saturated heterocycles. The summed E-state index contributed by atoms with van der Waals surface area (Å²) in [6, 6.07) is 0. The van der Waals surface area contributed by atoms with Crippen LogP contribution in [0.5, 0.6) is 0 Å². The predicted molar refractivity (Wildman–Crippen MR) is 76.0 cm³/mol. The Bertz CT molecular complexity index is 547. The molecule has 0 amide bonds. The lowest BCUT2D eigenvalue weighted by Crippen LogP contribution is -2.42. The summed E-state index contributed by atoms with van der Waals surface area (Å²) < 4.78 is 0. The van der Waals surface area contributed by atoms with Crippen LogP contribution in [-0.4, -0.2) is 46.0 Å². The van der Waals surface area contributed by atoms with Gasteiger partial charge in [0, 0.05) is 44.0 Å². The molecule has 2 aromatic heterocycles. The van der Waals surface area contributed by atoms with Gasteiger partial charge in [-0.2, -0.15) is 0 Å². The van der Waals surface area contributed by atoms with Gasteiger partial charge in [-0.3, -0.25) is 14.9 Å². The molecule has 0 bridgehead atoms. The molecule has 0 unspecified atom stereocenters. The van der Waals surface area contributed by atoms with Gasteiger partial charge in [0.25, 0.3) is 0 Å². The highest BCUT2D eigenvalue weighted by atomic mass is 32.1. The van der Waals surface area contributed by atoms with E-state index in [1.54, 1.807) is 23.7 Å². The fourth-order valence-corrected chi connectivity index (χ4v) is 3.03. The largest absolute Gasteiger partial charge is 0.314 e. The second-order valence-corrected chi connectivity index (χ2v) is 5.59. The molecule has 3 heterocycles. The predicted octanol–water partition coefficient (Wildman–Crippen LogP) is 1.31. The first-order chi connectivity index (χ1) is 9.33. The van der Waals surface area contributed by atoms with Crippen molar-refractivity contribution in [2.24, 2.45) is 0 Å². The molecular weight excluding hydrogens is 258 g/mol. The van der Waals surface area contributed by atoms with Crippen molar-refractivity contribution in [1.29, 1.82) is 0 Å². The minimum atomic E-state index is 0.894. The number of rotatable bonds is 3. The SMILES string of the molecule is Cc1nccnc1-c1csc(CN2CCNCC2)n1. The lowest BCUT2D eigenvalue weighted by Gasteiger charge is -2.26. The van der Waals surface area contributed by atoms with Gasteiger partial charge in [-0.25, -0.2) is 4.98 Å². The van der Waals surface area contributed by atoms with E-state index in [1.807, 2.05) is 6.92 Å². The standard InChI is InChI=1S/C13H17N5S/c1-10-13(16-3-2-15-10)11-9-19-12(17-11)8-18-6-4-14-5-7-18/h2-3,9,14H,4-8H2,1H3. The van der Waals surface area contributed by atoms with E-state index in [9.17, 15) is 0 Å². The van der Waals surface area contributed by atoms with Crippen LogP contribution < -0.4 is 5.32 Å². The molecule has 0 atom stereocenters. The van der Waals surface area contributed by atoms with Crippen molar-refractivity contribution in [2.75, 3.05) is 26.2 Å². The summed E-state index contributed by atoms with van der Waals surface area (Å²) in [6.45, 7) is 7.24. The van der Waals surface area contributed by atoms with E-state index in [1.165, 1.54) is 0 Å². The minimum Gasteiger partial charge on any atom is -0.314 e. The van der Waals surface area contributed by atoms with E-state index in [0.29, 0.717) is 0 Å². The highest BCUT2D eigenvalue weighted by Gasteiger charge is 2.13. The molecule has 100 valence electrons. The van der Waals surface area contributed by atoms with Crippen LogP contribution in [0.25, 0.3) is 11.4 Å². The van der Waals surface area contributed by atoms with E-state index >= 15 is 0 Å². The molecule has 1 fully saturated rings. The molecule has 0 aliphatic carbocycles. The van der Waals surface area contributed by atoms with Crippen molar-refractivity contribution in [2.45, 2.75) is 13.5 Å². The zero-order valence-corrected chi connectivity index (χ0v) is 11.8. The second kappa shape index (κ2) is 5.73. The number of thiazole rings is 1. The molecule has 6 heteroatoms. The van der Waals surface area contributed by atoms with Crippen molar-refractivity contribution in [3.05, 3.63) is 28.5 Å². The van der Waals surface area contributed by atoms with Gasteiger partial charge in [-0.15, -0.1) is 11.3 Å². The van der Waals surface area contributed by atoms with Crippen LogP contribution in [0.1, 0.15) is 10.7 Å². The maximum absolute atomic E-state index is 4.69. The van der Waals surface area contributed by atoms with Crippen molar-refractivity contribution in [1.82, 2.24) is 25.2 Å². The molecule has 5 nitrogen and oxygen atoms in total. The average Bonchev–Trinajstić information content (AvgIpc) is 2.89. The maximum Gasteiger partial charge on any atom is 0.111 e. The first kappa shape index (κ1) is 12.7. The number of aromatic nitrogens is 3. The Morgan fingerprint density at radius 3 is 2.84 bits per heavy atom. The van der Waals surface area contributed by atoms with Crippen molar-refractivity contribution in [3.8, 4) is 11.4 Å². The summed E-state index contributed by atoms with van der Waals surface area (Å²) in [5, 5.41) is 6.59. The molecule has 19 heavy (non-hydrogen) atoms. The smallest absolute Gasteiger partial charge is 0.111 e. The molecule has 0 spiro atoms. The molecular formula is C13H17N5S. The fourth-order valence-electron chi connectivity index (χ4n) is 2.21. The number of nitrogens with zero attached hydrogens (tertiary/aromatic N) is 4. The van der Waals surface area contributed by atoms with Crippen LogP contribution in [-0.2, 0) is 6.54 Å². The van der Waals surface area contributed by atoms with Gasteiger partial charge in [0.1, 0.15) is 16.4 Å². The van der Waals surface area contributed by atoms with Crippen LogP contribution in [0, 0.1) is 6.92 Å². The van der Waals surface area contributed by atoms with Crippen LogP contribution in [0.15, 0.2) is 17.8 Å². The number of hydrogen-bond donors (Lipinski definition) is 1. The Hall–Kier alpha value is -1.37. The highest BCUT2D eigenvalue weighted by molar-refractivity contribution is 7.09.